The molecule has 0 saturated carbocycles. The third-order valence-electron chi connectivity index (χ3n) is 3.29. The number of para-hydroxylation sites is 1. The predicted molar refractivity (Wildman–Crippen MR) is 87.5 cm³/mol. The molecule has 1 aromatic carbocycles. The third-order valence-corrected chi connectivity index (χ3v) is 4.19. The van der Waals surface area contributed by atoms with Crippen LogP contribution in [0.3, 0.4) is 0 Å². The van der Waals surface area contributed by atoms with E-state index in [0.29, 0.717) is 5.92 Å². The molecule has 2 aromatic heterocycles. The Hall–Kier alpha value is -1.72. The fraction of sp³-hybridized carbons (Fsp3) is 0.375. The maximum Gasteiger partial charge on any atom is 0.107 e. The summed E-state index contributed by atoms with van der Waals surface area (Å²) < 4.78 is 2.01. The Morgan fingerprint density at radius 1 is 1.29 bits per heavy atom. The van der Waals surface area contributed by atoms with E-state index in [1.54, 1.807) is 11.3 Å². The number of hydrogen-bond donors (Lipinski definition) is 1. The minimum atomic E-state index is 0.667. The third kappa shape index (κ3) is 3.49. The Morgan fingerprint density at radius 2 is 2.14 bits per heavy atom. The second-order valence-electron chi connectivity index (χ2n) is 5.62. The summed E-state index contributed by atoms with van der Waals surface area (Å²) in [6.45, 7) is 7.03. The molecule has 3 rings (SSSR count). The SMILES string of the molecule is CC(C)CNCc1nc(Cn2ncc3ccccc32)cs1. The van der Waals surface area contributed by atoms with Gasteiger partial charge in [0.1, 0.15) is 5.01 Å². The minimum Gasteiger partial charge on any atom is -0.310 e. The van der Waals surface area contributed by atoms with Crippen molar-refractivity contribution < 1.29 is 0 Å². The van der Waals surface area contributed by atoms with Gasteiger partial charge in [-0.05, 0) is 18.5 Å². The molecule has 1 N–H and O–H groups in total. The van der Waals surface area contributed by atoms with Crippen molar-refractivity contribution in [3.8, 4) is 0 Å². The number of hydrogen-bond acceptors (Lipinski definition) is 4. The smallest absolute Gasteiger partial charge is 0.107 e. The zero-order valence-electron chi connectivity index (χ0n) is 12.4. The number of fused-ring (bicyclic) bond motifs is 1. The molecule has 0 fully saturated rings. The largest absolute Gasteiger partial charge is 0.310 e. The molecule has 0 atom stereocenters. The lowest BCUT2D eigenvalue weighted by molar-refractivity contribution is 0.550. The molecular weight excluding hydrogens is 280 g/mol. The van der Waals surface area contributed by atoms with Crippen molar-refractivity contribution in [3.05, 3.63) is 46.5 Å². The number of nitrogens with zero attached hydrogens (tertiary/aromatic N) is 3. The van der Waals surface area contributed by atoms with Crippen molar-refractivity contribution in [1.29, 1.82) is 0 Å². The van der Waals surface area contributed by atoms with Crippen molar-refractivity contribution in [2.45, 2.75) is 26.9 Å². The molecule has 4 nitrogen and oxygen atoms in total. The average molecular weight is 300 g/mol. The van der Waals surface area contributed by atoms with Crippen LogP contribution in [0.4, 0.5) is 0 Å². The molecule has 3 aromatic rings. The Bertz CT molecular complexity index is 714. The number of thiazole rings is 1. The number of rotatable bonds is 6. The minimum absolute atomic E-state index is 0.667. The van der Waals surface area contributed by atoms with Crippen LogP contribution < -0.4 is 5.32 Å². The van der Waals surface area contributed by atoms with Crippen LogP contribution >= 0.6 is 11.3 Å². The van der Waals surface area contributed by atoms with E-state index < -0.39 is 0 Å². The van der Waals surface area contributed by atoms with E-state index in [2.05, 4.69) is 46.8 Å². The molecule has 0 aliphatic heterocycles. The topological polar surface area (TPSA) is 42.7 Å². The van der Waals surface area contributed by atoms with Crippen LogP contribution in [0.5, 0.6) is 0 Å². The van der Waals surface area contributed by atoms with Crippen molar-refractivity contribution in [2.75, 3.05) is 6.54 Å². The lowest BCUT2D eigenvalue weighted by atomic mass is 10.2. The summed E-state index contributed by atoms with van der Waals surface area (Å²) >= 11 is 1.71. The lowest BCUT2D eigenvalue weighted by Crippen LogP contribution is -2.18. The molecule has 110 valence electrons. The Balaban J connectivity index is 1.67. The summed E-state index contributed by atoms with van der Waals surface area (Å²) in [5.41, 5.74) is 2.24. The molecule has 0 aliphatic rings. The van der Waals surface area contributed by atoms with E-state index in [4.69, 9.17) is 0 Å². The van der Waals surface area contributed by atoms with Gasteiger partial charge in [0.05, 0.1) is 24.0 Å². The monoisotopic (exact) mass is 300 g/mol. The van der Waals surface area contributed by atoms with E-state index in [1.807, 2.05) is 23.0 Å². The van der Waals surface area contributed by atoms with Crippen LogP contribution in [-0.4, -0.2) is 21.3 Å². The summed E-state index contributed by atoms with van der Waals surface area (Å²) in [5, 5.41) is 12.3. The number of nitrogens with one attached hydrogen (secondary N) is 1. The van der Waals surface area contributed by atoms with Crippen LogP contribution in [0.1, 0.15) is 24.5 Å². The Labute approximate surface area is 128 Å². The highest BCUT2D eigenvalue weighted by atomic mass is 32.1. The van der Waals surface area contributed by atoms with Gasteiger partial charge in [-0.2, -0.15) is 5.10 Å². The summed E-state index contributed by atoms with van der Waals surface area (Å²) in [4.78, 5) is 4.68. The van der Waals surface area contributed by atoms with Crippen molar-refractivity contribution in [2.24, 2.45) is 5.92 Å². The highest BCUT2D eigenvalue weighted by molar-refractivity contribution is 7.09. The molecule has 0 unspecified atom stereocenters. The lowest BCUT2D eigenvalue weighted by Gasteiger charge is -2.04. The molecule has 2 heterocycles. The van der Waals surface area contributed by atoms with E-state index in [0.717, 1.165) is 35.9 Å². The molecule has 0 amide bonds. The second kappa shape index (κ2) is 6.37. The van der Waals surface area contributed by atoms with Crippen LogP contribution in [0.25, 0.3) is 10.9 Å². The van der Waals surface area contributed by atoms with Crippen LogP contribution in [-0.2, 0) is 13.1 Å². The van der Waals surface area contributed by atoms with E-state index in [1.165, 1.54) is 5.39 Å². The molecule has 0 spiro atoms. The van der Waals surface area contributed by atoms with Gasteiger partial charge < -0.3 is 5.32 Å². The zero-order chi connectivity index (χ0) is 14.7. The van der Waals surface area contributed by atoms with Crippen LogP contribution in [0, 0.1) is 5.92 Å². The van der Waals surface area contributed by atoms with E-state index >= 15 is 0 Å². The fourth-order valence-electron chi connectivity index (χ4n) is 2.28. The molecule has 21 heavy (non-hydrogen) atoms. The van der Waals surface area contributed by atoms with E-state index in [-0.39, 0.29) is 0 Å². The fourth-order valence-corrected chi connectivity index (χ4v) is 3.03. The van der Waals surface area contributed by atoms with Gasteiger partial charge in [-0.3, -0.25) is 4.68 Å². The van der Waals surface area contributed by atoms with Gasteiger partial charge in [-0.15, -0.1) is 11.3 Å². The standard InChI is InChI=1S/C16H20N4S/c1-12(2)7-17-9-16-19-14(11-21-16)10-20-15-6-4-3-5-13(15)8-18-20/h3-6,8,11-12,17H,7,9-10H2,1-2H3. The summed E-state index contributed by atoms with van der Waals surface area (Å²) in [6.07, 6.45) is 1.91. The molecule has 0 saturated heterocycles. The first-order valence-electron chi connectivity index (χ1n) is 7.27. The van der Waals surface area contributed by atoms with Crippen molar-refractivity contribution >= 4 is 22.2 Å². The van der Waals surface area contributed by atoms with Gasteiger partial charge in [-0.25, -0.2) is 4.98 Å². The highest BCUT2D eigenvalue weighted by Crippen LogP contribution is 2.16. The van der Waals surface area contributed by atoms with Gasteiger partial charge in [0.2, 0.25) is 0 Å². The van der Waals surface area contributed by atoms with Crippen LogP contribution in [0.2, 0.25) is 0 Å². The Kier molecular flexibility index (Phi) is 4.31. The summed E-state index contributed by atoms with van der Waals surface area (Å²) in [6, 6.07) is 8.26. The molecule has 5 heteroatoms. The first kappa shape index (κ1) is 14.2. The predicted octanol–water partition coefficient (Wildman–Crippen LogP) is 3.29. The number of benzene rings is 1. The molecular formula is C16H20N4S. The summed E-state index contributed by atoms with van der Waals surface area (Å²) in [7, 11) is 0. The van der Waals surface area contributed by atoms with E-state index in [9.17, 15) is 0 Å². The highest BCUT2D eigenvalue weighted by Gasteiger charge is 2.06. The zero-order valence-corrected chi connectivity index (χ0v) is 13.2. The van der Waals surface area contributed by atoms with Gasteiger partial charge in [0, 0.05) is 17.3 Å². The van der Waals surface area contributed by atoms with Gasteiger partial charge >= 0.3 is 0 Å². The molecule has 0 aliphatic carbocycles. The maximum atomic E-state index is 4.68. The van der Waals surface area contributed by atoms with Crippen molar-refractivity contribution in [3.63, 3.8) is 0 Å². The Morgan fingerprint density at radius 3 is 3.00 bits per heavy atom. The summed E-state index contributed by atoms with van der Waals surface area (Å²) in [5.74, 6) is 0.667. The first-order chi connectivity index (χ1) is 10.2. The number of aromatic nitrogens is 3. The molecule has 0 bridgehead atoms. The molecule has 0 radical (unpaired) electrons. The normalized spacial score (nSPS) is 11.6. The maximum absolute atomic E-state index is 4.68. The average Bonchev–Trinajstić information content (AvgIpc) is 3.07. The van der Waals surface area contributed by atoms with Crippen LogP contribution in [0.15, 0.2) is 35.8 Å². The van der Waals surface area contributed by atoms with Crippen molar-refractivity contribution in [1.82, 2.24) is 20.1 Å². The van der Waals surface area contributed by atoms with Gasteiger partial charge in [0.25, 0.3) is 0 Å². The first-order valence-corrected chi connectivity index (χ1v) is 8.15. The second-order valence-corrected chi connectivity index (χ2v) is 6.56. The van der Waals surface area contributed by atoms with Gasteiger partial charge in [0.15, 0.2) is 0 Å². The quantitative estimate of drug-likeness (QED) is 0.759. The van der Waals surface area contributed by atoms with Gasteiger partial charge in [-0.1, -0.05) is 32.0 Å².